The fourth-order valence-electron chi connectivity index (χ4n) is 3.89. The Hall–Kier alpha value is -3.48. The molecular formula is C28H25Cl2N3O3. The van der Waals surface area contributed by atoms with Crippen molar-refractivity contribution in [1.82, 2.24) is 15.3 Å². The first-order chi connectivity index (χ1) is 17.4. The minimum atomic E-state index is -0.816. The van der Waals surface area contributed by atoms with E-state index in [1.807, 2.05) is 36.4 Å². The molecule has 0 unspecified atom stereocenters. The largest absolute Gasteiger partial charge is 0.481 e. The standard InChI is InChI=1S/C28H25Cl2N3O3/c29-21-10-5-18(6-11-21)15-16-31-28(36)20-9-14-23-25(17-20)32-24(3-1-2-4-26(34)35)27(33-23)19-7-12-22(30)13-8-19/h5-14,17H,1-4,15-16H2,(H,31,36)(H,34,35). The number of carboxylic acids is 1. The van der Waals surface area contributed by atoms with Crippen LogP contribution in [0.2, 0.25) is 10.0 Å². The predicted octanol–water partition coefficient (Wildman–Crippen LogP) is 6.37. The van der Waals surface area contributed by atoms with Gasteiger partial charge in [-0.05, 0) is 73.7 Å². The smallest absolute Gasteiger partial charge is 0.303 e. The minimum Gasteiger partial charge on any atom is -0.481 e. The molecule has 0 aliphatic heterocycles. The first-order valence-electron chi connectivity index (χ1n) is 11.7. The average Bonchev–Trinajstić information content (AvgIpc) is 2.87. The second kappa shape index (κ2) is 12.0. The van der Waals surface area contributed by atoms with E-state index in [9.17, 15) is 9.59 Å². The van der Waals surface area contributed by atoms with Gasteiger partial charge in [-0.1, -0.05) is 47.5 Å². The molecule has 0 radical (unpaired) electrons. The summed E-state index contributed by atoms with van der Waals surface area (Å²) in [4.78, 5) is 33.3. The van der Waals surface area contributed by atoms with Gasteiger partial charge in [0, 0.05) is 34.1 Å². The number of carbonyl (C=O) groups is 2. The highest BCUT2D eigenvalue weighted by Crippen LogP contribution is 2.26. The molecule has 1 aromatic heterocycles. The molecule has 4 aromatic rings. The number of aryl methyl sites for hydroxylation is 1. The monoisotopic (exact) mass is 521 g/mol. The van der Waals surface area contributed by atoms with E-state index in [4.69, 9.17) is 38.3 Å². The molecule has 0 aliphatic rings. The highest BCUT2D eigenvalue weighted by Gasteiger charge is 2.14. The molecule has 8 heteroatoms. The van der Waals surface area contributed by atoms with Gasteiger partial charge in [0.15, 0.2) is 0 Å². The highest BCUT2D eigenvalue weighted by molar-refractivity contribution is 6.30. The predicted molar refractivity (Wildman–Crippen MR) is 143 cm³/mol. The van der Waals surface area contributed by atoms with Crippen LogP contribution in [-0.4, -0.2) is 33.5 Å². The molecule has 0 fully saturated rings. The molecule has 0 bridgehead atoms. The van der Waals surface area contributed by atoms with E-state index in [0.29, 0.717) is 58.9 Å². The van der Waals surface area contributed by atoms with Gasteiger partial charge < -0.3 is 10.4 Å². The maximum atomic E-state index is 12.8. The molecule has 36 heavy (non-hydrogen) atoms. The zero-order valence-corrected chi connectivity index (χ0v) is 21.0. The maximum absolute atomic E-state index is 12.8. The van der Waals surface area contributed by atoms with Crippen molar-refractivity contribution >= 4 is 46.1 Å². The molecule has 2 N–H and O–H groups in total. The van der Waals surface area contributed by atoms with Crippen molar-refractivity contribution in [2.75, 3.05) is 6.54 Å². The molecule has 0 atom stereocenters. The third kappa shape index (κ3) is 6.80. The summed E-state index contributed by atoms with van der Waals surface area (Å²) in [5, 5.41) is 13.2. The van der Waals surface area contributed by atoms with E-state index in [-0.39, 0.29) is 12.3 Å². The Morgan fingerprint density at radius 2 is 1.50 bits per heavy atom. The molecule has 1 amide bonds. The van der Waals surface area contributed by atoms with Crippen molar-refractivity contribution in [3.63, 3.8) is 0 Å². The van der Waals surface area contributed by atoms with Gasteiger partial charge in [0.2, 0.25) is 0 Å². The SMILES string of the molecule is O=C(O)CCCCc1nc2cc(C(=O)NCCc3ccc(Cl)cc3)ccc2nc1-c1ccc(Cl)cc1. The third-order valence-electron chi connectivity index (χ3n) is 5.78. The molecular weight excluding hydrogens is 497 g/mol. The maximum Gasteiger partial charge on any atom is 0.303 e. The van der Waals surface area contributed by atoms with Gasteiger partial charge in [-0.3, -0.25) is 9.59 Å². The van der Waals surface area contributed by atoms with Gasteiger partial charge in [-0.15, -0.1) is 0 Å². The van der Waals surface area contributed by atoms with Crippen molar-refractivity contribution < 1.29 is 14.7 Å². The number of nitrogens with zero attached hydrogens (tertiary/aromatic N) is 2. The lowest BCUT2D eigenvalue weighted by Crippen LogP contribution is -2.25. The number of fused-ring (bicyclic) bond motifs is 1. The van der Waals surface area contributed by atoms with E-state index >= 15 is 0 Å². The number of amides is 1. The lowest BCUT2D eigenvalue weighted by molar-refractivity contribution is -0.137. The summed E-state index contributed by atoms with van der Waals surface area (Å²) < 4.78 is 0. The number of halogens is 2. The van der Waals surface area contributed by atoms with Gasteiger partial charge in [0.05, 0.1) is 22.4 Å². The first kappa shape index (κ1) is 25.6. The lowest BCUT2D eigenvalue weighted by Gasteiger charge is -2.11. The van der Waals surface area contributed by atoms with Crippen LogP contribution in [0.1, 0.15) is 40.9 Å². The number of carbonyl (C=O) groups excluding carboxylic acids is 1. The van der Waals surface area contributed by atoms with Crippen molar-refractivity contribution in [3.05, 3.63) is 93.6 Å². The van der Waals surface area contributed by atoms with Crippen LogP contribution >= 0.6 is 23.2 Å². The summed E-state index contributed by atoms with van der Waals surface area (Å²) in [7, 11) is 0. The van der Waals surface area contributed by atoms with Crippen molar-refractivity contribution in [1.29, 1.82) is 0 Å². The number of aromatic nitrogens is 2. The summed E-state index contributed by atoms with van der Waals surface area (Å²) >= 11 is 12.0. The number of unbranched alkanes of at least 4 members (excludes halogenated alkanes) is 1. The van der Waals surface area contributed by atoms with Gasteiger partial charge in [0.1, 0.15) is 0 Å². The Morgan fingerprint density at radius 3 is 2.19 bits per heavy atom. The Bertz CT molecular complexity index is 1370. The number of carboxylic acid groups (broad SMARTS) is 1. The van der Waals surface area contributed by atoms with E-state index in [1.165, 1.54) is 0 Å². The molecule has 4 rings (SSSR count). The zero-order valence-electron chi connectivity index (χ0n) is 19.5. The Balaban J connectivity index is 1.54. The second-order valence-corrected chi connectivity index (χ2v) is 9.34. The zero-order chi connectivity index (χ0) is 25.5. The molecule has 0 saturated heterocycles. The van der Waals surface area contributed by atoms with Crippen LogP contribution in [0.5, 0.6) is 0 Å². The van der Waals surface area contributed by atoms with E-state index < -0.39 is 5.97 Å². The minimum absolute atomic E-state index is 0.109. The van der Waals surface area contributed by atoms with Crippen molar-refractivity contribution in [3.8, 4) is 11.3 Å². The number of benzene rings is 3. The van der Waals surface area contributed by atoms with E-state index in [2.05, 4.69) is 5.32 Å². The fraction of sp³-hybridized carbons (Fsp3) is 0.214. The summed E-state index contributed by atoms with van der Waals surface area (Å²) in [6.45, 7) is 0.495. The normalized spacial score (nSPS) is 10.9. The van der Waals surface area contributed by atoms with Crippen LogP contribution in [0.4, 0.5) is 0 Å². The summed E-state index contributed by atoms with van der Waals surface area (Å²) in [6, 6.07) is 20.2. The van der Waals surface area contributed by atoms with Crippen LogP contribution in [-0.2, 0) is 17.6 Å². The molecule has 0 spiro atoms. The summed E-state index contributed by atoms with van der Waals surface area (Å²) in [5.41, 5.74) is 5.25. The number of aliphatic carboxylic acids is 1. The van der Waals surface area contributed by atoms with Gasteiger partial charge in [-0.2, -0.15) is 0 Å². The molecule has 1 heterocycles. The lowest BCUT2D eigenvalue weighted by atomic mass is 10.0. The highest BCUT2D eigenvalue weighted by atomic mass is 35.5. The average molecular weight is 522 g/mol. The Labute approximate surface area is 219 Å². The van der Waals surface area contributed by atoms with Crippen LogP contribution in [0, 0.1) is 0 Å². The molecule has 184 valence electrons. The number of hydrogen-bond donors (Lipinski definition) is 2. The summed E-state index contributed by atoms with van der Waals surface area (Å²) in [6.07, 6.45) is 2.59. The quantitative estimate of drug-likeness (QED) is 0.236. The number of hydrogen-bond acceptors (Lipinski definition) is 4. The second-order valence-electron chi connectivity index (χ2n) is 8.46. The van der Waals surface area contributed by atoms with Crippen LogP contribution in [0.3, 0.4) is 0 Å². The van der Waals surface area contributed by atoms with Gasteiger partial charge >= 0.3 is 5.97 Å². The molecule has 0 saturated carbocycles. The number of rotatable bonds is 10. The number of nitrogens with one attached hydrogen (secondary N) is 1. The van der Waals surface area contributed by atoms with Crippen LogP contribution in [0.15, 0.2) is 66.7 Å². The van der Waals surface area contributed by atoms with Crippen molar-refractivity contribution in [2.45, 2.75) is 32.1 Å². The topological polar surface area (TPSA) is 92.2 Å². The first-order valence-corrected chi connectivity index (χ1v) is 12.5. The Morgan fingerprint density at radius 1 is 0.806 bits per heavy atom. The van der Waals surface area contributed by atoms with Crippen molar-refractivity contribution in [2.24, 2.45) is 0 Å². The van der Waals surface area contributed by atoms with Gasteiger partial charge in [0.25, 0.3) is 5.91 Å². The summed E-state index contributed by atoms with van der Waals surface area (Å²) in [5.74, 6) is -0.998. The van der Waals surface area contributed by atoms with E-state index in [0.717, 1.165) is 22.5 Å². The van der Waals surface area contributed by atoms with E-state index in [1.54, 1.807) is 30.3 Å². The van der Waals surface area contributed by atoms with Crippen LogP contribution in [0.25, 0.3) is 22.3 Å². The molecule has 6 nitrogen and oxygen atoms in total. The fourth-order valence-corrected chi connectivity index (χ4v) is 4.14. The molecule has 3 aromatic carbocycles. The third-order valence-corrected chi connectivity index (χ3v) is 6.29. The molecule has 0 aliphatic carbocycles. The Kier molecular flexibility index (Phi) is 8.52. The van der Waals surface area contributed by atoms with Gasteiger partial charge in [-0.25, -0.2) is 9.97 Å². The van der Waals surface area contributed by atoms with Crippen LogP contribution < -0.4 is 5.32 Å².